The largest absolute Gasteiger partial charge is 0.494 e. The van der Waals surface area contributed by atoms with Gasteiger partial charge >= 0.3 is 0 Å². The first-order valence-corrected chi connectivity index (χ1v) is 5.81. The highest BCUT2D eigenvalue weighted by Crippen LogP contribution is 2.18. The number of allylic oxidation sites excluding steroid dienone is 1. The predicted molar refractivity (Wildman–Crippen MR) is 72.8 cm³/mol. The molecule has 0 atom stereocenters. The van der Waals surface area contributed by atoms with Gasteiger partial charge < -0.3 is 4.74 Å². The molecule has 3 heteroatoms. The fourth-order valence-corrected chi connectivity index (χ4v) is 1.66. The predicted octanol–water partition coefficient (Wildman–Crippen LogP) is 3.73. The van der Waals surface area contributed by atoms with Crippen LogP contribution in [-0.4, -0.2) is 12.9 Å². The Bertz CT molecular complexity index is 603. The zero-order chi connectivity index (χ0) is 13.7. The second kappa shape index (κ2) is 5.96. The molecule has 0 radical (unpaired) electrons. The highest BCUT2D eigenvalue weighted by atomic mass is 19.1. The monoisotopic (exact) mass is 256 g/mol. The Kier molecular flexibility index (Phi) is 4.08. The van der Waals surface area contributed by atoms with Gasteiger partial charge in [0.25, 0.3) is 0 Å². The van der Waals surface area contributed by atoms with E-state index in [0.717, 1.165) is 0 Å². The first-order valence-electron chi connectivity index (χ1n) is 5.81. The molecular formula is C16H13FO2. The van der Waals surface area contributed by atoms with Crippen molar-refractivity contribution >= 4 is 11.9 Å². The van der Waals surface area contributed by atoms with Crippen LogP contribution < -0.4 is 4.74 Å². The van der Waals surface area contributed by atoms with Crippen LogP contribution in [0, 0.1) is 5.82 Å². The molecule has 0 aliphatic heterocycles. The summed E-state index contributed by atoms with van der Waals surface area (Å²) in [5.41, 5.74) is 1.22. The lowest BCUT2D eigenvalue weighted by molar-refractivity contribution is 0.104. The zero-order valence-corrected chi connectivity index (χ0v) is 10.5. The lowest BCUT2D eigenvalue weighted by Gasteiger charge is -2.01. The van der Waals surface area contributed by atoms with Crippen molar-refractivity contribution in [3.05, 3.63) is 71.6 Å². The number of halogens is 1. The summed E-state index contributed by atoms with van der Waals surface area (Å²) in [5, 5.41) is 0. The molecule has 19 heavy (non-hydrogen) atoms. The molecule has 0 aliphatic rings. The Morgan fingerprint density at radius 1 is 1.16 bits per heavy atom. The van der Waals surface area contributed by atoms with Crippen molar-refractivity contribution in [1.82, 2.24) is 0 Å². The van der Waals surface area contributed by atoms with Gasteiger partial charge in [0, 0.05) is 5.56 Å². The molecule has 0 unspecified atom stereocenters. The molecule has 0 aliphatic carbocycles. The summed E-state index contributed by atoms with van der Waals surface area (Å²) < 4.78 is 18.3. The lowest BCUT2D eigenvalue weighted by atomic mass is 10.1. The van der Waals surface area contributed by atoms with E-state index >= 15 is 0 Å². The molecule has 0 fully saturated rings. The number of ketones is 1. The van der Waals surface area contributed by atoms with E-state index in [1.54, 1.807) is 36.4 Å². The molecule has 0 bridgehead atoms. The van der Waals surface area contributed by atoms with Crippen LogP contribution in [0.2, 0.25) is 0 Å². The summed E-state index contributed by atoms with van der Waals surface area (Å²) in [6, 6.07) is 13.5. The summed E-state index contributed by atoms with van der Waals surface area (Å²) >= 11 is 0. The Morgan fingerprint density at radius 3 is 2.53 bits per heavy atom. The Morgan fingerprint density at radius 2 is 1.89 bits per heavy atom. The van der Waals surface area contributed by atoms with E-state index in [-0.39, 0.29) is 11.5 Å². The molecule has 0 saturated carbocycles. The molecule has 0 spiro atoms. The van der Waals surface area contributed by atoms with E-state index in [0.29, 0.717) is 11.1 Å². The van der Waals surface area contributed by atoms with Crippen molar-refractivity contribution < 1.29 is 13.9 Å². The fourth-order valence-electron chi connectivity index (χ4n) is 1.66. The van der Waals surface area contributed by atoms with Crippen molar-refractivity contribution in [2.75, 3.05) is 7.11 Å². The lowest BCUT2D eigenvalue weighted by Crippen LogP contribution is -1.93. The second-order valence-corrected chi connectivity index (χ2v) is 3.96. The normalized spacial score (nSPS) is 10.6. The number of hydrogen-bond donors (Lipinski definition) is 0. The molecule has 2 nitrogen and oxygen atoms in total. The maximum absolute atomic E-state index is 13.5. The average molecular weight is 256 g/mol. The third-order valence-electron chi connectivity index (χ3n) is 2.66. The number of hydrogen-bond acceptors (Lipinski definition) is 2. The standard InChI is InChI=1S/C16H13FO2/c1-19-16-10-8-12(11-14(16)17)7-9-15(18)13-5-3-2-4-6-13/h2-11H,1H3/b9-7+. The molecular weight excluding hydrogens is 243 g/mol. The first-order chi connectivity index (χ1) is 9.20. The van der Waals surface area contributed by atoms with Crippen molar-refractivity contribution in [3.8, 4) is 5.75 Å². The molecule has 2 rings (SSSR count). The average Bonchev–Trinajstić information content (AvgIpc) is 2.46. The number of methoxy groups -OCH3 is 1. The number of carbonyl (C=O) groups excluding carboxylic acids is 1. The van der Waals surface area contributed by atoms with Crippen molar-refractivity contribution in [3.63, 3.8) is 0 Å². The minimum Gasteiger partial charge on any atom is -0.494 e. The molecule has 2 aromatic rings. The molecule has 0 heterocycles. The summed E-state index contributed by atoms with van der Waals surface area (Å²) in [4.78, 5) is 11.8. The Labute approximate surface area is 111 Å². The van der Waals surface area contributed by atoms with Gasteiger partial charge in [0.1, 0.15) is 0 Å². The number of ether oxygens (including phenoxy) is 1. The van der Waals surface area contributed by atoms with Gasteiger partial charge in [-0.15, -0.1) is 0 Å². The Hall–Kier alpha value is -2.42. The highest BCUT2D eigenvalue weighted by molar-refractivity contribution is 6.06. The van der Waals surface area contributed by atoms with Gasteiger partial charge in [0.2, 0.25) is 0 Å². The van der Waals surface area contributed by atoms with Crippen LogP contribution in [-0.2, 0) is 0 Å². The molecule has 0 aromatic heterocycles. The summed E-state index contributed by atoms with van der Waals surface area (Å²) in [7, 11) is 1.41. The smallest absolute Gasteiger partial charge is 0.185 e. The molecule has 0 N–H and O–H groups in total. The quantitative estimate of drug-likeness (QED) is 0.615. The van der Waals surface area contributed by atoms with Crippen LogP contribution in [0.5, 0.6) is 5.75 Å². The van der Waals surface area contributed by atoms with E-state index in [9.17, 15) is 9.18 Å². The Balaban J connectivity index is 2.15. The van der Waals surface area contributed by atoms with Crippen LogP contribution >= 0.6 is 0 Å². The minimum absolute atomic E-state index is 0.114. The van der Waals surface area contributed by atoms with E-state index in [1.165, 1.54) is 25.3 Å². The zero-order valence-electron chi connectivity index (χ0n) is 10.5. The van der Waals surface area contributed by atoms with Gasteiger partial charge in [-0.3, -0.25) is 4.79 Å². The number of rotatable bonds is 4. The number of benzene rings is 2. The first kappa shape index (κ1) is 13.0. The second-order valence-electron chi connectivity index (χ2n) is 3.96. The van der Waals surface area contributed by atoms with E-state index in [4.69, 9.17) is 4.74 Å². The summed E-state index contributed by atoms with van der Waals surface area (Å²) in [6.45, 7) is 0. The van der Waals surface area contributed by atoms with E-state index < -0.39 is 5.82 Å². The van der Waals surface area contributed by atoms with Gasteiger partial charge in [-0.2, -0.15) is 0 Å². The topological polar surface area (TPSA) is 26.3 Å². The van der Waals surface area contributed by atoms with Gasteiger partial charge in [0.05, 0.1) is 7.11 Å². The van der Waals surface area contributed by atoms with E-state index in [2.05, 4.69) is 0 Å². The van der Waals surface area contributed by atoms with Gasteiger partial charge in [-0.1, -0.05) is 42.5 Å². The fraction of sp³-hybridized carbons (Fsp3) is 0.0625. The van der Waals surface area contributed by atoms with E-state index in [1.807, 2.05) is 6.07 Å². The summed E-state index contributed by atoms with van der Waals surface area (Å²) in [5.74, 6) is -0.375. The van der Waals surface area contributed by atoms with Crippen LogP contribution in [0.3, 0.4) is 0 Å². The molecule has 0 saturated heterocycles. The van der Waals surface area contributed by atoms with Crippen molar-refractivity contribution in [2.45, 2.75) is 0 Å². The third-order valence-corrected chi connectivity index (χ3v) is 2.66. The minimum atomic E-state index is -0.447. The number of carbonyl (C=O) groups is 1. The maximum Gasteiger partial charge on any atom is 0.185 e. The van der Waals surface area contributed by atoms with Gasteiger partial charge in [-0.05, 0) is 23.8 Å². The summed E-state index contributed by atoms with van der Waals surface area (Å²) in [6.07, 6.45) is 3.01. The maximum atomic E-state index is 13.5. The van der Waals surface area contributed by atoms with Crippen LogP contribution in [0.4, 0.5) is 4.39 Å². The highest BCUT2D eigenvalue weighted by Gasteiger charge is 2.03. The molecule has 2 aromatic carbocycles. The molecule has 0 amide bonds. The third kappa shape index (κ3) is 3.28. The van der Waals surface area contributed by atoms with Crippen molar-refractivity contribution in [1.29, 1.82) is 0 Å². The van der Waals surface area contributed by atoms with Crippen LogP contribution in [0.1, 0.15) is 15.9 Å². The SMILES string of the molecule is COc1ccc(/C=C/C(=O)c2ccccc2)cc1F. The molecule has 96 valence electrons. The van der Waals surface area contributed by atoms with Crippen molar-refractivity contribution in [2.24, 2.45) is 0 Å². The van der Waals surface area contributed by atoms with Gasteiger partial charge in [0.15, 0.2) is 17.3 Å². The van der Waals surface area contributed by atoms with Gasteiger partial charge in [-0.25, -0.2) is 4.39 Å². The van der Waals surface area contributed by atoms with Crippen LogP contribution in [0.15, 0.2) is 54.6 Å². The van der Waals surface area contributed by atoms with Crippen LogP contribution in [0.25, 0.3) is 6.08 Å².